The molecule has 0 spiro atoms. The van der Waals surface area contributed by atoms with E-state index in [-0.39, 0.29) is 6.42 Å². The summed E-state index contributed by atoms with van der Waals surface area (Å²) in [6, 6.07) is 0.487. The first-order valence-corrected chi connectivity index (χ1v) is 7.35. The molecule has 0 aromatic rings. The van der Waals surface area contributed by atoms with Crippen molar-refractivity contribution in [3.05, 3.63) is 0 Å². The van der Waals surface area contributed by atoms with E-state index in [0.717, 1.165) is 52.2 Å². The first-order chi connectivity index (χ1) is 8.99. The van der Waals surface area contributed by atoms with Gasteiger partial charge in [0.25, 0.3) is 0 Å². The topological polar surface area (TPSA) is 47.0 Å². The van der Waals surface area contributed by atoms with Crippen LogP contribution in [-0.2, 0) is 4.79 Å². The minimum absolute atomic E-state index is 0.276. The Labute approximate surface area is 117 Å². The lowest BCUT2D eigenvalue weighted by atomic mass is 10.2. The summed E-state index contributed by atoms with van der Waals surface area (Å²) in [7, 11) is 2.17. The predicted molar refractivity (Wildman–Crippen MR) is 77.5 cm³/mol. The van der Waals surface area contributed by atoms with Crippen molar-refractivity contribution in [2.75, 3.05) is 52.9 Å². The Bertz CT molecular complexity index is 263. The molecule has 0 saturated carbocycles. The molecule has 0 unspecified atom stereocenters. The molecule has 0 bridgehead atoms. The number of aliphatic carboxylic acids is 1. The van der Waals surface area contributed by atoms with Crippen molar-refractivity contribution >= 4 is 5.97 Å². The van der Waals surface area contributed by atoms with Gasteiger partial charge in [-0.25, -0.2) is 0 Å². The second-order valence-corrected chi connectivity index (χ2v) is 5.77. The highest BCUT2D eigenvalue weighted by Gasteiger charge is 2.16. The average molecular weight is 271 g/mol. The Morgan fingerprint density at radius 2 is 1.84 bits per heavy atom. The van der Waals surface area contributed by atoms with Crippen molar-refractivity contribution in [2.24, 2.45) is 0 Å². The maximum atomic E-state index is 10.6. The zero-order valence-electron chi connectivity index (χ0n) is 12.6. The van der Waals surface area contributed by atoms with Crippen LogP contribution >= 0.6 is 0 Å². The van der Waals surface area contributed by atoms with Crippen LogP contribution in [0.5, 0.6) is 0 Å². The van der Waals surface area contributed by atoms with Gasteiger partial charge < -0.3 is 10.0 Å². The van der Waals surface area contributed by atoms with Crippen LogP contribution < -0.4 is 0 Å². The van der Waals surface area contributed by atoms with E-state index in [1.54, 1.807) is 0 Å². The van der Waals surface area contributed by atoms with Crippen LogP contribution in [0.25, 0.3) is 0 Å². The predicted octanol–water partition coefficient (Wildman–Crippen LogP) is 0.809. The van der Waals surface area contributed by atoms with E-state index in [2.05, 4.69) is 35.6 Å². The van der Waals surface area contributed by atoms with Crippen LogP contribution in [0.1, 0.15) is 26.7 Å². The van der Waals surface area contributed by atoms with Crippen LogP contribution in [-0.4, -0.2) is 84.7 Å². The summed E-state index contributed by atoms with van der Waals surface area (Å²) in [4.78, 5) is 17.8. The van der Waals surface area contributed by atoms with Gasteiger partial charge in [-0.2, -0.15) is 0 Å². The highest BCUT2D eigenvalue weighted by molar-refractivity contribution is 5.66. The van der Waals surface area contributed by atoms with Gasteiger partial charge in [-0.1, -0.05) is 0 Å². The third-order valence-corrected chi connectivity index (χ3v) is 3.87. The number of rotatable bonds is 8. The molecular weight excluding hydrogens is 242 g/mol. The van der Waals surface area contributed by atoms with Crippen molar-refractivity contribution in [3.8, 4) is 0 Å². The molecule has 0 aromatic carbocycles. The Morgan fingerprint density at radius 1 is 1.21 bits per heavy atom. The number of carboxylic acids is 1. The molecule has 1 rings (SSSR count). The maximum absolute atomic E-state index is 10.6. The normalized spacial score (nSPS) is 18.4. The molecule has 5 nitrogen and oxygen atoms in total. The number of piperazine rings is 1. The minimum atomic E-state index is -0.692. The van der Waals surface area contributed by atoms with Crippen LogP contribution in [0.4, 0.5) is 0 Å². The largest absolute Gasteiger partial charge is 0.481 e. The molecule has 1 fully saturated rings. The summed E-state index contributed by atoms with van der Waals surface area (Å²) in [6.07, 6.45) is 1.02. The molecule has 0 atom stereocenters. The molecule has 0 aliphatic carbocycles. The summed E-state index contributed by atoms with van der Waals surface area (Å²) >= 11 is 0. The first kappa shape index (κ1) is 16.4. The van der Waals surface area contributed by atoms with E-state index in [1.165, 1.54) is 0 Å². The fraction of sp³-hybridized carbons (Fsp3) is 0.929. The molecule has 19 heavy (non-hydrogen) atoms. The lowest BCUT2D eigenvalue weighted by Crippen LogP contribution is -2.47. The van der Waals surface area contributed by atoms with Gasteiger partial charge in [0, 0.05) is 51.7 Å². The van der Waals surface area contributed by atoms with E-state index < -0.39 is 5.97 Å². The van der Waals surface area contributed by atoms with Gasteiger partial charge >= 0.3 is 5.97 Å². The molecule has 1 aliphatic rings. The van der Waals surface area contributed by atoms with Crippen molar-refractivity contribution in [1.82, 2.24) is 14.7 Å². The number of carbonyl (C=O) groups is 1. The quantitative estimate of drug-likeness (QED) is 0.708. The molecule has 0 amide bonds. The van der Waals surface area contributed by atoms with Crippen LogP contribution in [0.3, 0.4) is 0 Å². The first-order valence-electron chi connectivity index (χ1n) is 7.35. The smallest absolute Gasteiger partial charge is 0.303 e. The van der Waals surface area contributed by atoms with Gasteiger partial charge in [0.1, 0.15) is 0 Å². The third kappa shape index (κ3) is 6.89. The minimum Gasteiger partial charge on any atom is -0.481 e. The summed E-state index contributed by atoms with van der Waals surface area (Å²) in [5, 5.41) is 8.69. The standard InChI is InChI=1S/C14H29N3O2/c1-13(2)17(6-4-5-14(18)19)12-11-16-9-7-15(3)8-10-16/h13H,4-12H2,1-3H3,(H,18,19). The summed E-state index contributed by atoms with van der Waals surface area (Å²) in [6.45, 7) is 12.0. The number of nitrogens with zero attached hydrogens (tertiary/aromatic N) is 3. The maximum Gasteiger partial charge on any atom is 0.303 e. The van der Waals surface area contributed by atoms with Crippen LogP contribution in [0.2, 0.25) is 0 Å². The lowest BCUT2D eigenvalue weighted by molar-refractivity contribution is -0.137. The van der Waals surface area contributed by atoms with Crippen LogP contribution in [0, 0.1) is 0 Å². The zero-order chi connectivity index (χ0) is 14.3. The summed E-state index contributed by atoms with van der Waals surface area (Å²) in [5.41, 5.74) is 0. The second-order valence-electron chi connectivity index (χ2n) is 5.77. The van der Waals surface area contributed by atoms with E-state index >= 15 is 0 Å². The molecule has 0 radical (unpaired) electrons. The second kappa shape index (κ2) is 8.51. The molecular formula is C14H29N3O2. The number of carboxylic acid groups (broad SMARTS) is 1. The Morgan fingerprint density at radius 3 is 2.37 bits per heavy atom. The summed E-state index contributed by atoms with van der Waals surface area (Å²) < 4.78 is 0. The highest BCUT2D eigenvalue weighted by Crippen LogP contribution is 2.04. The van der Waals surface area contributed by atoms with Crippen LogP contribution in [0.15, 0.2) is 0 Å². The molecule has 0 aromatic heterocycles. The Kier molecular flexibility index (Phi) is 7.34. The molecule has 1 saturated heterocycles. The Balaban J connectivity index is 2.23. The van der Waals surface area contributed by atoms with Crippen molar-refractivity contribution in [1.29, 1.82) is 0 Å². The number of likely N-dealkylation sites (N-methyl/N-ethyl adjacent to an activating group) is 1. The van der Waals surface area contributed by atoms with Gasteiger partial charge in [0.2, 0.25) is 0 Å². The van der Waals surface area contributed by atoms with Gasteiger partial charge in [-0.15, -0.1) is 0 Å². The fourth-order valence-corrected chi connectivity index (χ4v) is 2.40. The van der Waals surface area contributed by atoms with E-state index in [0.29, 0.717) is 6.04 Å². The molecule has 1 heterocycles. The van der Waals surface area contributed by atoms with E-state index in [4.69, 9.17) is 5.11 Å². The lowest BCUT2D eigenvalue weighted by Gasteiger charge is -2.35. The van der Waals surface area contributed by atoms with Gasteiger partial charge in [-0.05, 0) is 33.9 Å². The SMILES string of the molecule is CC(C)N(CCCC(=O)O)CCN1CCN(C)CC1. The number of hydrogen-bond acceptors (Lipinski definition) is 4. The van der Waals surface area contributed by atoms with Gasteiger partial charge in [0.05, 0.1) is 0 Å². The molecule has 112 valence electrons. The monoisotopic (exact) mass is 271 g/mol. The van der Waals surface area contributed by atoms with Gasteiger partial charge in [0.15, 0.2) is 0 Å². The Hall–Kier alpha value is -0.650. The summed E-state index contributed by atoms with van der Waals surface area (Å²) in [5.74, 6) is -0.692. The third-order valence-electron chi connectivity index (χ3n) is 3.87. The van der Waals surface area contributed by atoms with E-state index in [1.807, 2.05) is 0 Å². The average Bonchev–Trinajstić information content (AvgIpc) is 2.34. The molecule has 1 aliphatic heterocycles. The van der Waals surface area contributed by atoms with E-state index in [9.17, 15) is 4.79 Å². The number of hydrogen-bond donors (Lipinski definition) is 1. The van der Waals surface area contributed by atoms with Gasteiger partial charge in [-0.3, -0.25) is 14.6 Å². The van der Waals surface area contributed by atoms with Crippen molar-refractivity contribution in [3.63, 3.8) is 0 Å². The molecule has 1 N–H and O–H groups in total. The zero-order valence-corrected chi connectivity index (χ0v) is 12.6. The van der Waals surface area contributed by atoms with Crippen molar-refractivity contribution < 1.29 is 9.90 Å². The molecule has 5 heteroatoms. The highest BCUT2D eigenvalue weighted by atomic mass is 16.4. The van der Waals surface area contributed by atoms with Crippen molar-refractivity contribution in [2.45, 2.75) is 32.7 Å². The fourth-order valence-electron chi connectivity index (χ4n) is 2.40.